The Morgan fingerprint density at radius 1 is 1.33 bits per heavy atom. The Kier molecular flexibility index (Phi) is 3.94. The third-order valence-electron chi connectivity index (χ3n) is 3.10. The lowest BCUT2D eigenvalue weighted by atomic mass is 10.0. The van der Waals surface area contributed by atoms with Gasteiger partial charge < -0.3 is 15.7 Å². The normalized spacial score (nSPS) is 20.3. The fraction of sp³-hybridized carbons (Fsp3) is 0.385. The highest BCUT2D eigenvalue weighted by Gasteiger charge is 2.28. The van der Waals surface area contributed by atoms with E-state index in [0.29, 0.717) is 12.1 Å². The van der Waals surface area contributed by atoms with Crippen molar-refractivity contribution in [3.8, 4) is 0 Å². The van der Waals surface area contributed by atoms with Crippen molar-refractivity contribution in [2.75, 3.05) is 13.1 Å². The van der Waals surface area contributed by atoms with E-state index in [2.05, 4.69) is 10.6 Å². The van der Waals surface area contributed by atoms with Gasteiger partial charge in [-0.2, -0.15) is 0 Å². The van der Waals surface area contributed by atoms with E-state index >= 15 is 0 Å². The van der Waals surface area contributed by atoms with E-state index in [1.165, 1.54) is 0 Å². The number of carbonyl (C=O) groups excluding carboxylic acids is 1. The van der Waals surface area contributed by atoms with Crippen LogP contribution in [0.1, 0.15) is 18.0 Å². The van der Waals surface area contributed by atoms with Crippen LogP contribution in [0.15, 0.2) is 30.3 Å². The highest BCUT2D eigenvalue weighted by atomic mass is 16.4. The van der Waals surface area contributed by atoms with Crippen molar-refractivity contribution in [3.05, 3.63) is 35.9 Å². The van der Waals surface area contributed by atoms with E-state index in [0.717, 1.165) is 13.0 Å². The molecular formula is C13H16N2O3. The lowest BCUT2D eigenvalue weighted by Crippen LogP contribution is -2.38. The SMILES string of the molecule is O=C(NC(C(=O)O)c1ccccc1)C1CCNC1. The Labute approximate surface area is 105 Å². The van der Waals surface area contributed by atoms with Crippen molar-refractivity contribution in [3.63, 3.8) is 0 Å². The van der Waals surface area contributed by atoms with Crippen LogP contribution in [0.3, 0.4) is 0 Å². The summed E-state index contributed by atoms with van der Waals surface area (Å²) in [5.41, 5.74) is 0.587. The maximum Gasteiger partial charge on any atom is 0.330 e. The van der Waals surface area contributed by atoms with E-state index in [4.69, 9.17) is 0 Å². The Hall–Kier alpha value is -1.88. The van der Waals surface area contributed by atoms with E-state index < -0.39 is 12.0 Å². The number of carboxylic acid groups (broad SMARTS) is 1. The number of nitrogens with one attached hydrogen (secondary N) is 2. The minimum atomic E-state index is -1.04. The first-order valence-corrected chi connectivity index (χ1v) is 5.97. The van der Waals surface area contributed by atoms with Crippen molar-refractivity contribution in [1.29, 1.82) is 0 Å². The van der Waals surface area contributed by atoms with E-state index in [1.807, 2.05) is 6.07 Å². The summed E-state index contributed by atoms with van der Waals surface area (Å²) in [5, 5.41) is 14.9. The first-order chi connectivity index (χ1) is 8.68. The zero-order chi connectivity index (χ0) is 13.0. The lowest BCUT2D eigenvalue weighted by molar-refractivity contribution is -0.142. The highest BCUT2D eigenvalue weighted by molar-refractivity contribution is 5.86. The molecule has 18 heavy (non-hydrogen) atoms. The van der Waals surface area contributed by atoms with Crippen molar-refractivity contribution in [2.45, 2.75) is 12.5 Å². The van der Waals surface area contributed by atoms with Crippen LogP contribution in [0.5, 0.6) is 0 Å². The summed E-state index contributed by atoms with van der Waals surface area (Å²) in [6.45, 7) is 1.42. The molecular weight excluding hydrogens is 232 g/mol. The molecule has 3 N–H and O–H groups in total. The highest BCUT2D eigenvalue weighted by Crippen LogP contribution is 2.15. The molecule has 0 aliphatic carbocycles. The summed E-state index contributed by atoms with van der Waals surface area (Å²) in [4.78, 5) is 23.1. The van der Waals surface area contributed by atoms with Crippen LogP contribution < -0.4 is 10.6 Å². The van der Waals surface area contributed by atoms with E-state index in [-0.39, 0.29) is 11.8 Å². The molecule has 1 aromatic rings. The minimum absolute atomic E-state index is 0.129. The number of hydrogen-bond acceptors (Lipinski definition) is 3. The molecule has 1 fully saturated rings. The first kappa shape index (κ1) is 12.6. The Balaban J connectivity index is 2.07. The van der Waals surface area contributed by atoms with E-state index in [1.54, 1.807) is 24.3 Å². The molecule has 1 aliphatic heterocycles. The molecule has 2 atom stereocenters. The van der Waals surface area contributed by atoms with Gasteiger partial charge in [0.2, 0.25) is 5.91 Å². The third kappa shape index (κ3) is 2.87. The van der Waals surface area contributed by atoms with Crippen molar-refractivity contribution >= 4 is 11.9 Å². The Bertz CT molecular complexity index is 427. The summed E-state index contributed by atoms with van der Waals surface area (Å²) in [5.74, 6) is -1.37. The fourth-order valence-corrected chi connectivity index (χ4v) is 2.07. The van der Waals surface area contributed by atoms with Gasteiger partial charge in [-0.1, -0.05) is 30.3 Å². The number of carboxylic acids is 1. The molecule has 2 unspecified atom stereocenters. The quantitative estimate of drug-likeness (QED) is 0.726. The van der Waals surface area contributed by atoms with Gasteiger partial charge in [0.05, 0.1) is 5.92 Å². The van der Waals surface area contributed by atoms with Gasteiger partial charge in [-0.25, -0.2) is 4.79 Å². The van der Waals surface area contributed by atoms with Gasteiger partial charge in [-0.05, 0) is 18.5 Å². The molecule has 1 aliphatic rings. The van der Waals surface area contributed by atoms with Crippen LogP contribution in [0.25, 0.3) is 0 Å². The van der Waals surface area contributed by atoms with Crippen LogP contribution in [-0.2, 0) is 9.59 Å². The summed E-state index contributed by atoms with van der Waals surface area (Å²) in [6.07, 6.45) is 0.757. The molecule has 5 heteroatoms. The standard InChI is InChI=1S/C13H16N2O3/c16-12(10-6-7-14-8-10)15-11(13(17)18)9-4-2-1-3-5-9/h1-5,10-11,14H,6-8H2,(H,15,16)(H,17,18). The summed E-state index contributed by atoms with van der Waals surface area (Å²) in [6, 6.07) is 7.76. The second kappa shape index (κ2) is 5.64. The molecule has 0 radical (unpaired) electrons. The number of amides is 1. The second-order valence-electron chi connectivity index (χ2n) is 4.38. The van der Waals surface area contributed by atoms with Gasteiger partial charge in [0.15, 0.2) is 6.04 Å². The van der Waals surface area contributed by atoms with Crippen LogP contribution in [-0.4, -0.2) is 30.1 Å². The molecule has 96 valence electrons. The second-order valence-corrected chi connectivity index (χ2v) is 4.38. The van der Waals surface area contributed by atoms with Crippen LogP contribution in [0.2, 0.25) is 0 Å². The molecule has 1 saturated heterocycles. The molecule has 1 heterocycles. The number of benzene rings is 1. The van der Waals surface area contributed by atoms with Gasteiger partial charge in [0, 0.05) is 6.54 Å². The van der Waals surface area contributed by atoms with Gasteiger partial charge >= 0.3 is 5.97 Å². The zero-order valence-electron chi connectivity index (χ0n) is 9.93. The summed E-state index contributed by atoms with van der Waals surface area (Å²) >= 11 is 0. The molecule has 0 saturated carbocycles. The van der Waals surface area contributed by atoms with Gasteiger partial charge in [-0.15, -0.1) is 0 Å². The fourth-order valence-electron chi connectivity index (χ4n) is 2.07. The molecule has 0 spiro atoms. The van der Waals surface area contributed by atoms with Crippen molar-refractivity contribution < 1.29 is 14.7 Å². The molecule has 0 bridgehead atoms. The maximum absolute atomic E-state index is 11.9. The predicted octanol–water partition coefficient (Wildman–Crippen LogP) is 0.538. The molecule has 1 aromatic carbocycles. The third-order valence-corrected chi connectivity index (χ3v) is 3.10. The number of hydrogen-bond donors (Lipinski definition) is 3. The largest absolute Gasteiger partial charge is 0.479 e. The number of rotatable bonds is 4. The molecule has 2 rings (SSSR count). The summed E-state index contributed by atoms with van der Waals surface area (Å²) in [7, 11) is 0. The Morgan fingerprint density at radius 2 is 2.06 bits per heavy atom. The van der Waals surface area contributed by atoms with E-state index in [9.17, 15) is 14.7 Å². The molecule has 5 nitrogen and oxygen atoms in total. The predicted molar refractivity (Wildman–Crippen MR) is 65.9 cm³/mol. The zero-order valence-corrected chi connectivity index (χ0v) is 9.93. The maximum atomic E-state index is 11.9. The average Bonchev–Trinajstić information content (AvgIpc) is 2.90. The van der Waals surface area contributed by atoms with Crippen molar-refractivity contribution in [2.24, 2.45) is 5.92 Å². The lowest BCUT2D eigenvalue weighted by Gasteiger charge is -2.17. The Morgan fingerprint density at radius 3 is 2.61 bits per heavy atom. The van der Waals surface area contributed by atoms with Gasteiger partial charge in [-0.3, -0.25) is 4.79 Å². The smallest absolute Gasteiger partial charge is 0.330 e. The monoisotopic (exact) mass is 248 g/mol. The molecule has 0 aromatic heterocycles. The van der Waals surface area contributed by atoms with Crippen molar-refractivity contribution in [1.82, 2.24) is 10.6 Å². The van der Waals surface area contributed by atoms with Crippen LogP contribution in [0, 0.1) is 5.92 Å². The molecule has 1 amide bonds. The number of carbonyl (C=O) groups is 2. The average molecular weight is 248 g/mol. The van der Waals surface area contributed by atoms with Gasteiger partial charge in [0.25, 0.3) is 0 Å². The summed E-state index contributed by atoms with van der Waals surface area (Å²) < 4.78 is 0. The van der Waals surface area contributed by atoms with Gasteiger partial charge in [0.1, 0.15) is 0 Å². The van der Waals surface area contributed by atoms with Crippen LogP contribution in [0.4, 0.5) is 0 Å². The topological polar surface area (TPSA) is 78.4 Å². The minimum Gasteiger partial charge on any atom is -0.479 e. The first-order valence-electron chi connectivity index (χ1n) is 5.97. The number of aliphatic carboxylic acids is 1. The van der Waals surface area contributed by atoms with Crippen LogP contribution >= 0.6 is 0 Å².